The predicted molar refractivity (Wildman–Crippen MR) is 50.8 cm³/mol. The lowest BCUT2D eigenvalue weighted by Gasteiger charge is -2.03. The Morgan fingerprint density at radius 3 is 2.31 bits per heavy atom. The molecule has 0 rings (SSSR count). The van der Waals surface area contributed by atoms with Gasteiger partial charge in [-0.15, -0.1) is 0 Å². The second-order valence-corrected chi connectivity index (χ2v) is 2.79. The van der Waals surface area contributed by atoms with Crippen LogP contribution >= 0.6 is 0 Å². The molecule has 0 unspecified atom stereocenters. The minimum atomic E-state index is -0.350. The Balaban J connectivity index is 2.95. The third-order valence-corrected chi connectivity index (χ3v) is 1.68. The summed E-state index contributed by atoms with van der Waals surface area (Å²) >= 11 is 0. The van der Waals surface area contributed by atoms with Crippen LogP contribution < -0.4 is 5.32 Å². The lowest BCUT2D eigenvalue weighted by atomic mass is 10.2. The topological polar surface area (TPSA) is 47.6 Å². The van der Waals surface area contributed by atoms with Gasteiger partial charge in [0.2, 0.25) is 0 Å². The maximum Gasteiger partial charge on any atom is 0.406 e. The molecule has 0 aliphatic carbocycles. The lowest BCUT2D eigenvalue weighted by molar-refractivity contribution is 0.145. The van der Waals surface area contributed by atoms with E-state index in [2.05, 4.69) is 5.32 Å². The first-order valence-corrected chi connectivity index (χ1v) is 4.64. The zero-order chi connectivity index (χ0) is 9.94. The highest BCUT2D eigenvalue weighted by Gasteiger charge is 1.96. The van der Waals surface area contributed by atoms with Gasteiger partial charge in [-0.2, -0.15) is 0 Å². The van der Waals surface area contributed by atoms with E-state index in [0.717, 1.165) is 32.3 Å². The molecule has 13 heavy (non-hydrogen) atoms. The van der Waals surface area contributed by atoms with E-state index in [1.165, 1.54) is 0 Å². The molecule has 0 aromatic carbocycles. The number of methoxy groups -OCH3 is 1. The van der Waals surface area contributed by atoms with Gasteiger partial charge in [-0.05, 0) is 19.3 Å². The number of carbonyl (C=O) groups excluding carboxylic acids is 1. The first-order valence-electron chi connectivity index (χ1n) is 4.64. The molecular formula is C9H19NO3. The highest BCUT2D eigenvalue weighted by molar-refractivity contribution is 5.66. The Hall–Kier alpha value is -0.770. The fraction of sp³-hybridized carbons (Fsp3) is 0.889. The molecule has 0 atom stereocenters. The van der Waals surface area contributed by atoms with E-state index >= 15 is 0 Å². The Morgan fingerprint density at radius 2 is 1.77 bits per heavy atom. The van der Waals surface area contributed by atoms with E-state index in [-0.39, 0.29) is 6.09 Å². The van der Waals surface area contributed by atoms with Crippen molar-refractivity contribution in [1.82, 2.24) is 5.32 Å². The molecule has 4 heteroatoms. The molecule has 4 nitrogen and oxygen atoms in total. The van der Waals surface area contributed by atoms with Crippen molar-refractivity contribution in [2.24, 2.45) is 0 Å². The molecule has 0 saturated carbocycles. The van der Waals surface area contributed by atoms with Crippen LogP contribution in [0.3, 0.4) is 0 Å². The molecule has 0 spiro atoms. The number of rotatable bonds is 7. The van der Waals surface area contributed by atoms with Gasteiger partial charge in [0.05, 0.1) is 6.61 Å². The van der Waals surface area contributed by atoms with E-state index in [1.807, 2.05) is 0 Å². The van der Waals surface area contributed by atoms with Gasteiger partial charge >= 0.3 is 6.09 Å². The lowest BCUT2D eigenvalue weighted by Crippen LogP contribution is -2.19. The van der Waals surface area contributed by atoms with Crippen molar-refractivity contribution >= 4 is 6.09 Å². The van der Waals surface area contributed by atoms with Crippen molar-refractivity contribution in [1.29, 1.82) is 0 Å². The molecule has 0 bridgehead atoms. The van der Waals surface area contributed by atoms with Gasteiger partial charge < -0.3 is 14.8 Å². The number of carbonyl (C=O) groups is 1. The van der Waals surface area contributed by atoms with Crippen molar-refractivity contribution in [3.8, 4) is 0 Å². The highest BCUT2D eigenvalue weighted by Crippen LogP contribution is 1.99. The van der Waals surface area contributed by atoms with Crippen LogP contribution in [0.1, 0.15) is 25.7 Å². The zero-order valence-corrected chi connectivity index (χ0v) is 8.47. The monoisotopic (exact) mass is 189 g/mol. The highest BCUT2D eigenvalue weighted by atomic mass is 16.5. The van der Waals surface area contributed by atoms with Crippen molar-refractivity contribution in [2.45, 2.75) is 25.7 Å². The smallest absolute Gasteiger partial charge is 0.406 e. The molecule has 1 N–H and O–H groups in total. The maximum absolute atomic E-state index is 10.6. The zero-order valence-electron chi connectivity index (χ0n) is 8.47. The third kappa shape index (κ3) is 9.14. The minimum absolute atomic E-state index is 0.350. The SMILES string of the molecule is CNC(=O)OCCCCCCOC. The van der Waals surface area contributed by atoms with Crippen molar-refractivity contribution in [3.63, 3.8) is 0 Å². The average Bonchev–Trinajstić information content (AvgIpc) is 2.16. The summed E-state index contributed by atoms with van der Waals surface area (Å²) in [5.41, 5.74) is 0. The number of ether oxygens (including phenoxy) is 2. The Labute approximate surface area is 79.6 Å². The van der Waals surface area contributed by atoms with Gasteiger partial charge in [0.25, 0.3) is 0 Å². The van der Waals surface area contributed by atoms with E-state index < -0.39 is 0 Å². The number of unbranched alkanes of at least 4 members (excludes halogenated alkanes) is 3. The number of amides is 1. The van der Waals surface area contributed by atoms with E-state index in [0.29, 0.717) is 6.61 Å². The normalized spacial score (nSPS) is 9.69. The van der Waals surface area contributed by atoms with Crippen LogP contribution in [0.15, 0.2) is 0 Å². The van der Waals surface area contributed by atoms with Gasteiger partial charge in [0, 0.05) is 20.8 Å². The van der Waals surface area contributed by atoms with Crippen molar-refractivity contribution < 1.29 is 14.3 Å². The fourth-order valence-corrected chi connectivity index (χ4v) is 0.939. The first kappa shape index (κ1) is 12.2. The molecule has 0 fully saturated rings. The van der Waals surface area contributed by atoms with E-state index in [1.54, 1.807) is 14.2 Å². The molecule has 0 aliphatic rings. The maximum atomic E-state index is 10.6. The fourth-order valence-electron chi connectivity index (χ4n) is 0.939. The summed E-state index contributed by atoms with van der Waals surface area (Å²) < 4.78 is 9.73. The summed E-state index contributed by atoms with van der Waals surface area (Å²) in [6.07, 6.45) is 3.87. The number of hydrogen-bond donors (Lipinski definition) is 1. The van der Waals surface area contributed by atoms with Gasteiger partial charge in [-0.1, -0.05) is 6.42 Å². The molecule has 0 aromatic rings. The van der Waals surface area contributed by atoms with Gasteiger partial charge in [-0.25, -0.2) is 4.79 Å². The number of alkyl carbamates (subject to hydrolysis) is 1. The summed E-state index contributed by atoms with van der Waals surface area (Å²) in [6, 6.07) is 0. The number of hydrogen-bond acceptors (Lipinski definition) is 3. The van der Waals surface area contributed by atoms with Gasteiger partial charge in [-0.3, -0.25) is 0 Å². The van der Waals surface area contributed by atoms with Crippen LogP contribution in [-0.4, -0.2) is 33.5 Å². The standard InChI is InChI=1S/C9H19NO3/c1-10-9(11)13-8-6-4-3-5-7-12-2/h3-8H2,1-2H3,(H,10,11). The average molecular weight is 189 g/mol. The molecule has 0 aromatic heterocycles. The van der Waals surface area contributed by atoms with Crippen LogP contribution in [0.5, 0.6) is 0 Å². The second-order valence-electron chi connectivity index (χ2n) is 2.79. The first-order chi connectivity index (χ1) is 6.31. The molecule has 78 valence electrons. The summed E-state index contributed by atoms with van der Waals surface area (Å²) in [7, 11) is 3.26. The summed E-state index contributed by atoms with van der Waals surface area (Å²) in [5, 5.41) is 2.40. The third-order valence-electron chi connectivity index (χ3n) is 1.68. The molecule has 0 aliphatic heterocycles. The molecule has 0 heterocycles. The summed E-state index contributed by atoms with van der Waals surface area (Å²) in [5.74, 6) is 0. The second kappa shape index (κ2) is 9.32. The predicted octanol–water partition coefficient (Wildman–Crippen LogP) is 1.55. The van der Waals surface area contributed by atoms with Crippen LogP contribution in [0.4, 0.5) is 4.79 Å². The quantitative estimate of drug-likeness (QED) is 0.618. The Bertz CT molecular complexity index is 128. The van der Waals surface area contributed by atoms with E-state index in [4.69, 9.17) is 9.47 Å². The van der Waals surface area contributed by atoms with Crippen LogP contribution in [0.25, 0.3) is 0 Å². The van der Waals surface area contributed by atoms with Gasteiger partial charge in [0.1, 0.15) is 0 Å². The van der Waals surface area contributed by atoms with Crippen LogP contribution in [0, 0.1) is 0 Å². The minimum Gasteiger partial charge on any atom is -0.450 e. The van der Waals surface area contributed by atoms with Crippen LogP contribution in [-0.2, 0) is 9.47 Å². The number of nitrogens with one attached hydrogen (secondary N) is 1. The van der Waals surface area contributed by atoms with Crippen molar-refractivity contribution in [3.05, 3.63) is 0 Å². The summed E-state index contributed by atoms with van der Waals surface area (Å²) in [6.45, 7) is 1.32. The van der Waals surface area contributed by atoms with E-state index in [9.17, 15) is 4.79 Å². The summed E-state index contributed by atoms with van der Waals surface area (Å²) in [4.78, 5) is 10.6. The molecule has 0 saturated heterocycles. The molecule has 0 radical (unpaired) electrons. The molecule has 1 amide bonds. The molecular weight excluding hydrogens is 170 g/mol. The Kier molecular flexibility index (Phi) is 8.77. The van der Waals surface area contributed by atoms with Crippen molar-refractivity contribution in [2.75, 3.05) is 27.4 Å². The Morgan fingerprint density at radius 1 is 1.15 bits per heavy atom. The van der Waals surface area contributed by atoms with Crippen LogP contribution in [0.2, 0.25) is 0 Å². The largest absolute Gasteiger partial charge is 0.450 e. The van der Waals surface area contributed by atoms with Gasteiger partial charge in [0.15, 0.2) is 0 Å².